The molecule has 3 aromatic rings. The fourth-order valence-electron chi connectivity index (χ4n) is 2.82. The number of hydrogen-bond acceptors (Lipinski definition) is 3. The summed E-state index contributed by atoms with van der Waals surface area (Å²) in [5.74, 6) is 1.07. The number of fused-ring (bicyclic) bond motifs is 1. The number of nitrogens with one attached hydrogen (secondary N) is 1. The van der Waals surface area contributed by atoms with Crippen LogP contribution in [0, 0.1) is 5.92 Å². The molecule has 0 spiro atoms. The fourth-order valence-corrected chi connectivity index (χ4v) is 2.82. The number of imidazole rings is 1. The molecule has 0 saturated heterocycles. The molecule has 0 radical (unpaired) electrons. The van der Waals surface area contributed by atoms with E-state index in [0.717, 1.165) is 30.0 Å². The van der Waals surface area contributed by atoms with Crippen LogP contribution < -0.4 is 5.32 Å². The van der Waals surface area contributed by atoms with Crippen LogP contribution in [0.4, 0.5) is 0 Å². The van der Waals surface area contributed by atoms with Crippen LogP contribution in [0.1, 0.15) is 24.3 Å². The first-order chi connectivity index (χ1) is 12.5. The van der Waals surface area contributed by atoms with E-state index in [9.17, 15) is 4.79 Å². The zero-order chi connectivity index (χ0) is 18.7. The van der Waals surface area contributed by atoms with Gasteiger partial charge in [0.2, 0.25) is 0 Å². The summed E-state index contributed by atoms with van der Waals surface area (Å²) in [6.45, 7) is 6.68. The van der Waals surface area contributed by atoms with Gasteiger partial charge in [-0.1, -0.05) is 19.9 Å². The molecule has 6 heteroatoms. The Kier molecular flexibility index (Phi) is 5.42. The summed E-state index contributed by atoms with van der Waals surface area (Å²) < 4.78 is 4.13. The highest BCUT2D eigenvalue weighted by Gasteiger charge is 2.18. The second kappa shape index (κ2) is 7.74. The van der Waals surface area contributed by atoms with Gasteiger partial charge in [-0.25, -0.2) is 4.98 Å². The SMILES string of the molecule is CC(C)CNC(=O)c1nc(-c2ccn(CCN(C)C)c2)n2ccccc12. The van der Waals surface area contributed by atoms with E-state index in [0.29, 0.717) is 18.2 Å². The van der Waals surface area contributed by atoms with Crippen LogP contribution in [-0.4, -0.2) is 51.9 Å². The van der Waals surface area contributed by atoms with Gasteiger partial charge in [0.25, 0.3) is 5.91 Å². The van der Waals surface area contributed by atoms with Gasteiger partial charge < -0.3 is 14.8 Å². The van der Waals surface area contributed by atoms with Crippen LogP contribution in [-0.2, 0) is 6.54 Å². The van der Waals surface area contributed by atoms with E-state index in [1.807, 2.05) is 34.9 Å². The normalized spacial score (nSPS) is 11.6. The van der Waals surface area contributed by atoms with Crippen molar-refractivity contribution < 1.29 is 4.79 Å². The summed E-state index contributed by atoms with van der Waals surface area (Å²) in [6.07, 6.45) is 6.09. The standard InChI is InChI=1S/C20H27N5O/c1-15(2)13-21-20(26)18-17-7-5-6-9-25(17)19(22-18)16-8-10-24(14-16)12-11-23(3)4/h5-10,14-15H,11-13H2,1-4H3,(H,21,26). The summed E-state index contributed by atoms with van der Waals surface area (Å²) in [6, 6.07) is 7.87. The number of rotatable bonds is 7. The van der Waals surface area contributed by atoms with Crippen LogP contribution in [0.2, 0.25) is 0 Å². The lowest BCUT2D eigenvalue weighted by molar-refractivity contribution is 0.0946. The predicted octanol–water partition coefficient (Wildman–Crippen LogP) is 2.75. The molecule has 0 aliphatic carbocycles. The molecule has 3 heterocycles. The molecular formula is C20H27N5O. The van der Waals surface area contributed by atoms with Crippen molar-refractivity contribution in [3.63, 3.8) is 0 Å². The number of nitrogens with zero attached hydrogens (tertiary/aromatic N) is 4. The Bertz CT molecular complexity index is 891. The highest BCUT2D eigenvalue weighted by Crippen LogP contribution is 2.23. The van der Waals surface area contributed by atoms with Crippen molar-refractivity contribution in [3.8, 4) is 11.4 Å². The smallest absolute Gasteiger partial charge is 0.272 e. The van der Waals surface area contributed by atoms with E-state index in [1.54, 1.807) is 0 Å². The lowest BCUT2D eigenvalue weighted by Crippen LogP contribution is -2.27. The Hall–Kier alpha value is -2.60. The summed E-state index contributed by atoms with van der Waals surface area (Å²) >= 11 is 0. The van der Waals surface area contributed by atoms with Gasteiger partial charge in [0.05, 0.1) is 5.52 Å². The monoisotopic (exact) mass is 353 g/mol. The maximum atomic E-state index is 12.6. The molecule has 1 amide bonds. The third-order valence-electron chi connectivity index (χ3n) is 4.25. The molecule has 1 N–H and O–H groups in total. The molecule has 0 aliphatic heterocycles. The second-order valence-electron chi connectivity index (χ2n) is 7.29. The van der Waals surface area contributed by atoms with Gasteiger partial charge in [0.15, 0.2) is 5.69 Å². The minimum Gasteiger partial charge on any atom is -0.352 e. The van der Waals surface area contributed by atoms with Gasteiger partial charge >= 0.3 is 0 Å². The molecule has 0 aromatic carbocycles. The topological polar surface area (TPSA) is 54.6 Å². The number of aromatic nitrogens is 3. The van der Waals surface area contributed by atoms with Crippen LogP contribution in [0.5, 0.6) is 0 Å². The van der Waals surface area contributed by atoms with Crippen molar-refractivity contribution in [1.82, 2.24) is 24.2 Å². The van der Waals surface area contributed by atoms with Crippen molar-refractivity contribution in [2.45, 2.75) is 20.4 Å². The zero-order valence-electron chi connectivity index (χ0n) is 15.9. The quantitative estimate of drug-likeness (QED) is 0.711. The number of pyridine rings is 1. The van der Waals surface area contributed by atoms with Crippen molar-refractivity contribution in [1.29, 1.82) is 0 Å². The first-order valence-corrected chi connectivity index (χ1v) is 9.02. The molecule has 3 aromatic heterocycles. The van der Waals surface area contributed by atoms with E-state index in [-0.39, 0.29) is 5.91 Å². The van der Waals surface area contributed by atoms with Crippen molar-refractivity contribution >= 4 is 11.4 Å². The van der Waals surface area contributed by atoms with Crippen molar-refractivity contribution in [2.75, 3.05) is 27.2 Å². The lowest BCUT2D eigenvalue weighted by Gasteiger charge is -2.09. The van der Waals surface area contributed by atoms with E-state index >= 15 is 0 Å². The van der Waals surface area contributed by atoms with Crippen LogP contribution in [0.25, 0.3) is 16.9 Å². The minimum atomic E-state index is -0.124. The predicted molar refractivity (Wildman–Crippen MR) is 104 cm³/mol. The van der Waals surface area contributed by atoms with Crippen LogP contribution >= 0.6 is 0 Å². The Morgan fingerprint density at radius 3 is 2.77 bits per heavy atom. The van der Waals surface area contributed by atoms with Gasteiger partial charge in [-0.3, -0.25) is 9.20 Å². The van der Waals surface area contributed by atoms with Crippen LogP contribution in [0.15, 0.2) is 42.9 Å². The molecule has 26 heavy (non-hydrogen) atoms. The van der Waals surface area contributed by atoms with Gasteiger partial charge in [-0.15, -0.1) is 0 Å². The maximum absolute atomic E-state index is 12.6. The highest BCUT2D eigenvalue weighted by atomic mass is 16.1. The molecule has 3 rings (SSSR count). The molecule has 0 bridgehead atoms. The average Bonchev–Trinajstić information content (AvgIpc) is 3.22. The summed E-state index contributed by atoms with van der Waals surface area (Å²) in [5.41, 5.74) is 2.31. The molecule has 0 fully saturated rings. The third kappa shape index (κ3) is 3.96. The number of carbonyl (C=O) groups is 1. The van der Waals surface area contributed by atoms with E-state index in [2.05, 4.69) is 60.1 Å². The Labute approximate surface area is 154 Å². The van der Waals surface area contributed by atoms with E-state index in [4.69, 9.17) is 0 Å². The third-order valence-corrected chi connectivity index (χ3v) is 4.25. The van der Waals surface area contributed by atoms with Crippen LogP contribution in [0.3, 0.4) is 0 Å². The molecule has 0 unspecified atom stereocenters. The minimum absolute atomic E-state index is 0.124. The molecule has 0 aliphatic rings. The molecular weight excluding hydrogens is 326 g/mol. The molecule has 0 saturated carbocycles. The average molecular weight is 353 g/mol. The Morgan fingerprint density at radius 1 is 1.23 bits per heavy atom. The molecule has 6 nitrogen and oxygen atoms in total. The largest absolute Gasteiger partial charge is 0.352 e. The summed E-state index contributed by atoms with van der Waals surface area (Å²) in [7, 11) is 4.13. The lowest BCUT2D eigenvalue weighted by atomic mass is 10.2. The van der Waals surface area contributed by atoms with Gasteiger partial charge in [-0.05, 0) is 38.2 Å². The highest BCUT2D eigenvalue weighted by molar-refractivity contribution is 6.00. The first-order valence-electron chi connectivity index (χ1n) is 9.02. The first kappa shape index (κ1) is 18.2. The summed E-state index contributed by atoms with van der Waals surface area (Å²) in [4.78, 5) is 19.4. The van der Waals surface area contributed by atoms with E-state index < -0.39 is 0 Å². The zero-order valence-corrected chi connectivity index (χ0v) is 15.9. The van der Waals surface area contributed by atoms with Crippen molar-refractivity contribution in [2.24, 2.45) is 5.92 Å². The maximum Gasteiger partial charge on any atom is 0.272 e. The van der Waals surface area contributed by atoms with Gasteiger partial charge in [-0.2, -0.15) is 0 Å². The number of carbonyl (C=O) groups excluding carboxylic acids is 1. The Morgan fingerprint density at radius 2 is 2.04 bits per heavy atom. The number of amides is 1. The Balaban J connectivity index is 1.93. The van der Waals surface area contributed by atoms with Gasteiger partial charge in [0.1, 0.15) is 5.82 Å². The van der Waals surface area contributed by atoms with Gasteiger partial charge in [0, 0.05) is 43.8 Å². The summed E-state index contributed by atoms with van der Waals surface area (Å²) in [5, 5.41) is 2.97. The van der Waals surface area contributed by atoms with E-state index in [1.165, 1.54) is 0 Å². The molecule has 138 valence electrons. The number of likely N-dealkylation sites (N-methyl/N-ethyl adjacent to an activating group) is 1. The number of hydrogen-bond donors (Lipinski definition) is 1. The molecule has 0 atom stereocenters. The van der Waals surface area contributed by atoms with Crippen molar-refractivity contribution in [3.05, 3.63) is 48.5 Å². The fraction of sp³-hybridized carbons (Fsp3) is 0.400. The second-order valence-corrected chi connectivity index (χ2v) is 7.29.